The number of carbonyl (C=O) groups is 1. The summed E-state index contributed by atoms with van der Waals surface area (Å²) in [6.07, 6.45) is 3.82. The Kier molecular flexibility index (Phi) is 7.91. The Bertz CT molecular complexity index is 743. The molecule has 0 atom stereocenters. The highest BCUT2D eigenvalue weighted by molar-refractivity contribution is 7.89. The predicted octanol–water partition coefficient (Wildman–Crippen LogP) is 1.73. The van der Waals surface area contributed by atoms with Crippen LogP contribution in [0.15, 0.2) is 23.1 Å². The van der Waals surface area contributed by atoms with Crippen molar-refractivity contribution in [1.29, 1.82) is 0 Å². The molecule has 2 aliphatic rings. The van der Waals surface area contributed by atoms with Gasteiger partial charge in [-0.25, -0.2) is 8.42 Å². The molecule has 9 heteroatoms. The lowest BCUT2D eigenvalue weighted by Crippen LogP contribution is -2.46. The second-order valence-corrected chi connectivity index (χ2v) is 8.63. The fourth-order valence-corrected chi connectivity index (χ4v) is 5.18. The molecule has 0 unspecified atom stereocenters. The van der Waals surface area contributed by atoms with Gasteiger partial charge in [-0.05, 0) is 31.0 Å². The van der Waals surface area contributed by atoms with Gasteiger partial charge in [0.25, 0.3) is 5.91 Å². The first kappa shape index (κ1) is 21.9. The lowest BCUT2D eigenvalue weighted by molar-refractivity contribution is 0.0735. The molecule has 1 aromatic rings. The smallest absolute Gasteiger partial charge is 0.253 e. The minimum Gasteiger partial charge on any atom is -0.495 e. The van der Waals surface area contributed by atoms with Crippen molar-refractivity contribution in [1.82, 2.24) is 14.5 Å². The highest BCUT2D eigenvalue weighted by Gasteiger charge is 2.30. The second-order valence-electron chi connectivity index (χ2n) is 6.73. The fraction of sp³-hybridized carbons (Fsp3) is 0.611. The zero-order valence-corrected chi connectivity index (χ0v) is 17.3. The third-order valence-corrected chi connectivity index (χ3v) is 6.92. The molecular weight excluding hydrogens is 390 g/mol. The average Bonchev–Trinajstić information content (AvgIpc) is 2.97. The number of amides is 1. The summed E-state index contributed by atoms with van der Waals surface area (Å²) in [6.45, 7) is 3.78. The minimum atomic E-state index is -3.69. The quantitative estimate of drug-likeness (QED) is 0.807. The molecule has 0 aliphatic carbocycles. The van der Waals surface area contributed by atoms with Gasteiger partial charge in [0, 0.05) is 44.8 Å². The summed E-state index contributed by atoms with van der Waals surface area (Å²) in [5, 5.41) is 3.21. The summed E-state index contributed by atoms with van der Waals surface area (Å²) < 4.78 is 33.2. The molecule has 2 saturated heterocycles. The molecule has 3 rings (SSSR count). The molecule has 7 nitrogen and oxygen atoms in total. The third-order valence-electron chi connectivity index (χ3n) is 5.00. The Hall–Kier alpha value is -1.35. The van der Waals surface area contributed by atoms with E-state index in [1.807, 2.05) is 0 Å². The number of methoxy groups -OCH3 is 1. The van der Waals surface area contributed by atoms with Crippen LogP contribution in [0.1, 0.15) is 36.0 Å². The molecule has 27 heavy (non-hydrogen) atoms. The molecule has 0 radical (unpaired) electrons. The summed E-state index contributed by atoms with van der Waals surface area (Å²) in [6, 6.07) is 4.70. The van der Waals surface area contributed by atoms with Gasteiger partial charge in [-0.15, -0.1) is 12.4 Å². The molecule has 1 aromatic carbocycles. The van der Waals surface area contributed by atoms with Gasteiger partial charge in [-0.3, -0.25) is 4.79 Å². The molecule has 1 amide bonds. The minimum absolute atomic E-state index is 0. The molecular formula is C18H28ClN3O4S. The van der Waals surface area contributed by atoms with E-state index in [1.54, 1.807) is 17.0 Å². The zero-order valence-electron chi connectivity index (χ0n) is 15.6. The maximum Gasteiger partial charge on any atom is 0.253 e. The average molecular weight is 418 g/mol. The molecule has 0 bridgehead atoms. The largest absolute Gasteiger partial charge is 0.495 e. The molecule has 0 saturated carbocycles. The molecule has 152 valence electrons. The number of benzene rings is 1. The van der Waals surface area contributed by atoms with Crippen LogP contribution in [0, 0.1) is 0 Å². The normalized spacial score (nSPS) is 19.1. The van der Waals surface area contributed by atoms with Crippen LogP contribution in [0.4, 0.5) is 0 Å². The molecule has 2 aliphatic heterocycles. The standard InChI is InChI=1S/C18H27N3O4S.ClH/c1-25-16-7-6-15(18(22)20-12-8-19-9-13-20)14-17(16)26(23,24)21-10-4-2-3-5-11-21;/h6-7,14,19H,2-5,8-13H2,1H3;1H. The van der Waals surface area contributed by atoms with Gasteiger partial charge >= 0.3 is 0 Å². The lowest BCUT2D eigenvalue weighted by atomic mass is 10.1. The SMILES string of the molecule is COc1ccc(C(=O)N2CCNCC2)cc1S(=O)(=O)N1CCCCCC1.Cl. The van der Waals surface area contributed by atoms with E-state index in [0.717, 1.165) is 38.8 Å². The van der Waals surface area contributed by atoms with Crippen LogP contribution in [0.2, 0.25) is 0 Å². The number of rotatable bonds is 4. The van der Waals surface area contributed by atoms with Crippen LogP contribution in [-0.2, 0) is 10.0 Å². The van der Waals surface area contributed by atoms with E-state index in [-0.39, 0.29) is 29.0 Å². The fourth-order valence-electron chi connectivity index (χ4n) is 3.48. The zero-order chi connectivity index (χ0) is 18.6. The van der Waals surface area contributed by atoms with E-state index >= 15 is 0 Å². The van der Waals surface area contributed by atoms with Crippen LogP contribution < -0.4 is 10.1 Å². The number of hydrogen-bond acceptors (Lipinski definition) is 5. The van der Waals surface area contributed by atoms with Gasteiger partial charge in [-0.1, -0.05) is 12.8 Å². The molecule has 2 fully saturated rings. The van der Waals surface area contributed by atoms with Gasteiger partial charge in [0.1, 0.15) is 10.6 Å². The van der Waals surface area contributed by atoms with Crippen molar-refractivity contribution in [2.24, 2.45) is 0 Å². The summed E-state index contributed by atoms with van der Waals surface area (Å²) in [5.74, 6) is 0.146. The van der Waals surface area contributed by atoms with Crippen molar-refractivity contribution in [2.45, 2.75) is 30.6 Å². The molecule has 1 N–H and O–H groups in total. The summed E-state index contributed by atoms with van der Waals surface area (Å²) in [5.41, 5.74) is 0.390. The number of halogens is 1. The summed E-state index contributed by atoms with van der Waals surface area (Å²) in [4.78, 5) is 14.6. The Morgan fingerprint density at radius 1 is 1.04 bits per heavy atom. The number of sulfonamides is 1. The Morgan fingerprint density at radius 2 is 1.67 bits per heavy atom. The maximum absolute atomic E-state index is 13.2. The number of ether oxygens (including phenoxy) is 1. The second kappa shape index (κ2) is 9.73. The number of carbonyl (C=O) groups excluding carboxylic acids is 1. The summed E-state index contributed by atoms with van der Waals surface area (Å²) in [7, 11) is -2.24. The monoisotopic (exact) mass is 417 g/mol. The van der Waals surface area contributed by atoms with Gasteiger partial charge in [0.15, 0.2) is 0 Å². The van der Waals surface area contributed by atoms with E-state index in [4.69, 9.17) is 4.74 Å². The van der Waals surface area contributed by atoms with Crippen molar-refractivity contribution in [2.75, 3.05) is 46.4 Å². The summed E-state index contributed by atoms with van der Waals surface area (Å²) >= 11 is 0. The topological polar surface area (TPSA) is 79.0 Å². The maximum atomic E-state index is 13.2. The molecule has 0 spiro atoms. The number of nitrogens with zero attached hydrogens (tertiary/aromatic N) is 2. The van der Waals surface area contributed by atoms with Crippen LogP contribution >= 0.6 is 12.4 Å². The van der Waals surface area contributed by atoms with Crippen LogP contribution in [-0.4, -0.2) is 69.9 Å². The van der Waals surface area contributed by atoms with Crippen molar-refractivity contribution in [3.63, 3.8) is 0 Å². The highest BCUT2D eigenvalue weighted by Crippen LogP contribution is 2.29. The van der Waals surface area contributed by atoms with Gasteiger partial charge in [-0.2, -0.15) is 4.31 Å². The molecule has 2 heterocycles. The van der Waals surface area contributed by atoms with Gasteiger partial charge in [0.2, 0.25) is 10.0 Å². The van der Waals surface area contributed by atoms with E-state index in [9.17, 15) is 13.2 Å². The van der Waals surface area contributed by atoms with Crippen molar-refractivity contribution >= 4 is 28.3 Å². The van der Waals surface area contributed by atoms with Gasteiger partial charge < -0.3 is 15.0 Å². The van der Waals surface area contributed by atoms with E-state index in [0.29, 0.717) is 31.7 Å². The Morgan fingerprint density at radius 3 is 2.26 bits per heavy atom. The van der Waals surface area contributed by atoms with E-state index < -0.39 is 10.0 Å². The third kappa shape index (κ3) is 4.93. The highest BCUT2D eigenvalue weighted by atomic mass is 35.5. The van der Waals surface area contributed by atoms with E-state index in [1.165, 1.54) is 17.5 Å². The van der Waals surface area contributed by atoms with Crippen LogP contribution in [0.25, 0.3) is 0 Å². The van der Waals surface area contributed by atoms with Crippen molar-refractivity contribution < 1.29 is 17.9 Å². The first-order valence-corrected chi connectivity index (χ1v) is 10.7. The first-order chi connectivity index (χ1) is 12.5. The Balaban J connectivity index is 0.00000261. The van der Waals surface area contributed by atoms with Crippen molar-refractivity contribution in [3.8, 4) is 5.75 Å². The van der Waals surface area contributed by atoms with Crippen molar-refractivity contribution in [3.05, 3.63) is 23.8 Å². The number of nitrogens with one attached hydrogen (secondary N) is 1. The van der Waals surface area contributed by atoms with Crippen LogP contribution in [0.3, 0.4) is 0 Å². The predicted molar refractivity (Wildman–Crippen MR) is 106 cm³/mol. The Labute approximate surface area is 167 Å². The van der Waals surface area contributed by atoms with Crippen LogP contribution in [0.5, 0.6) is 5.75 Å². The lowest BCUT2D eigenvalue weighted by Gasteiger charge is -2.28. The molecule has 0 aromatic heterocycles. The number of piperazine rings is 1. The van der Waals surface area contributed by atoms with Gasteiger partial charge in [0.05, 0.1) is 7.11 Å². The van der Waals surface area contributed by atoms with E-state index in [2.05, 4.69) is 5.32 Å². The first-order valence-electron chi connectivity index (χ1n) is 9.22. The number of hydrogen-bond donors (Lipinski definition) is 1.